The van der Waals surface area contributed by atoms with Gasteiger partial charge in [0.15, 0.2) is 0 Å². The SMILES string of the molecule is C=CCC(C)C(C)CN=C. The monoisotopic (exact) mass is 139 g/mol. The molecule has 10 heavy (non-hydrogen) atoms. The summed E-state index contributed by atoms with van der Waals surface area (Å²) in [7, 11) is 0. The smallest absolute Gasteiger partial charge is 0.0410 e. The van der Waals surface area contributed by atoms with Crippen molar-refractivity contribution in [2.75, 3.05) is 6.54 Å². The van der Waals surface area contributed by atoms with Crippen LogP contribution in [0.4, 0.5) is 0 Å². The number of hydrogen-bond donors (Lipinski definition) is 0. The number of aliphatic imine (C=N–C) groups is 1. The summed E-state index contributed by atoms with van der Waals surface area (Å²) in [6.45, 7) is 12.5. The second-order valence-corrected chi connectivity index (χ2v) is 2.89. The Balaban J connectivity index is 3.56. The largest absolute Gasteiger partial charge is 0.301 e. The Morgan fingerprint density at radius 1 is 1.40 bits per heavy atom. The molecular weight excluding hydrogens is 122 g/mol. The zero-order valence-electron chi connectivity index (χ0n) is 7.01. The molecule has 0 aromatic carbocycles. The van der Waals surface area contributed by atoms with Gasteiger partial charge in [-0.3, -0.25) is 0 Å². The van der Waals surface area contributed by atoms with Crippen LogP contribution in [0.15, 0.2) is 17.6 Å². The van der Waals surface area contributed by atoms with Crippen molar-refractivity contribution in [2.24, 2.45) is 16.8 Å². The van der Waals surface area contributed by atoms with Crippen LogP contribution in [0, 0.1) is 11.8 Å². The fourth-order valence-electron chi connectivity index (χ4n) is 0.879. The summed E-state index contributed by atoms with van der Waals surface area (Å²) in [5.74, 6) is 1.32. The average molecular weight is 139 g/mol. The van der Waals surface area contributed by atoms with Crippen molar-refractivity contribution in [3.8, 4) is 0 Å². The highest BCUT2D eigenvalue weighted by Crippen LogP contribution is 2.14. The Morgan fingerprint density at radius 2 is 2.00 bits per heavy atom. The molecular formula is C9H17N. The Hall–Kier alpha value is -0.590. The van der Waals surface area contributed by atoms with Gasteiger partial charge in [-0.25, -0.2) is 0 Å². The van der Waals surface area contributed by atoms with Gasteiger partial charge >= 0.3 is 0 Å². The van der Waals surface area contributed by atoms with Crippen LogP contribution in [-0.4, -0.2) is 13.3 Å². The molecule has 0 aromatic rings. The predicted octanol–water partition coefficient (Wildman–Crippen LogP) is 2.54. The highest BCUT2D eigenvalue weighted by Gasteiger charge is 2.08. The van der Waals surface area contributed by atoms with Gasteiger partial charge in [-0.05, 0) is 25.0 Å². The Morgan fingerprint density at radius 3 is 2.40 bits per heavy atom. The third-order valence-electron chi connectivity index (χ3n) is 1.93. The van der Waals surface area contributed by atoms with E-state index in [1.54, 1.807) is 0 Å². The van der Waals surface area contributed by atoms with Gasteiger partial charge in [0.25, 0.3) is 0 Å². The van der Waals surface area contributed by atoms with Crippen molar-refractivity contribution in [2.45, 2.75) is 20.3 Å². The summed E-state index contributed by atoms with van der Waals surface area (Å²) in [5, 5.41) is 0. The summed E-state index contributed by atoms with van der Waals surface area (Å²) in [6, 6.07) is 0. The van der Waals surface area contributed by atoms with E-state index >= 15 is 0 Å². The molecule has 58 valence electrons. The first-order chi connectivity index (χ1) is 4.72. The summed E-state index contributed by atoms with van der Waals surface area (Å²) in [6.07, 6.45) is 3.04. The first-order valence-electron chi connectivity index (χ1n) is 3.75. The highest BCUT2D eigenvalue weighted by atomic mass is 14.7. The molecule has 0 rings (SSSR count). The standard InChI is InChI=1S/C9H17N/c1-5-6-8(2)9(3)7-10-4/h5,8-9H,1,4,6-7H2,2-3H3. The molecule has 0 aliphatic carbocycles. The maximum Gasteiger partial charge on any atom is 0.0410 e. The van der Waals surface area contributed by atoms with Gasteiger partial charge in [0.2, 0.25) is 0 Å². The lowest BCUT2D eigenvalue weighted by molar-refractivity contribution is 0.402. The number of rotatable bonds is 5. The molecule has 0 saturated carbocycles. The molecule has 0 aliphatic rings. The second kappa shape index (κ2) is 5.21. The average Bonchev–Trinajstić information content (AvgIpc) is 1.89. The lowest BCUT2D eigenvalue weighted by Gasteiger charge is -2.15. The maximum absolute atomic E-state index is 3.85. The van der Waals surface area contributed by atoms with E-state index < -0.39 is 0 Å². The predicted molar refractivity (Wildman–Crippen MR) is 47.6 cm³/mol. The number of hydrogen-bond acceptors (Lipinski definition) is 1. The molecule has 0 radical (unpaired) electrons. The van der Waals surface area contributed by atoms with E-state index in [0.717, 1.165) is 13.0 Å². The molecule has 0 fully saturated rings. The van der Waals surface area contributed by atoms with Crippen LogP contribution in [-0.2, 0) is 0 Å². The van der Waals surface area contributed by atoms with Crippen LogP contribution in [0.3, 0.4) is 0 Å². The Labute approximate surface area is 63.9 Å². The zero-order chi connectivity index (χ0) is 7.98. The summed E-state index contributed by atoms with van der Waals surface area (Å²) < 4.78 is 0. The van der Waals surface area contributed by atoms with Crippen molar-refractivity contribution in [1.29, 1.82) is 0 Å². The van der Waals surface area contributed by atoms with E-state index in [1.165, 1.54) is 0 Å². The third kappa shape index (κ3) is 3.44. The molecule has 0 saturated heterocycles. The van der Waals surface area contributed by atoms with Crippen molar-refractivity contribution < 1.29 is 0 Å². The van der Waals surface area contributed by atoms with Crippen LogP contribution >= 0.6 is 0 Å². The van der Waals surface area contributed by atoms with Gasteiger partial charge in [-0.15, -0.1) is 6.58 Å². The van der Waals surface area contributed by atoms with Crippen molar-refractivity contribution in [1.82, 2.24) is 0 Å². The van der Waals surface area contributed by atoms with Crippen LogP contribution in [0.2, 0.25) is 0 Å². The normalized spacial score (nSPS) is 15.8. The van der Waals surface area contributed by atoms with E-state index in [4.69, 9.17) is 0 Å². The Kier molecular flexibility index (Phi) is 4.91. The van der Waals surface area contributed by atoms with E-state index in [9.17, 15) is 0 Å². The van der Waals surface area contributed by atoms with Crippen LogP contribution < -0.4 is 0 Å². The molecule has 0 spiro atoms. The fraction of sp³-hybridized carbons (Fsp3) is 0.667. The number of allylic oxidation sites excluding steroid dienone is 1. The molecule has 0 aliphatic heterocycles. The minimum absolute atomic E-state index is 0.635. The van der Waals surface area contributed by atoms with Gasteiger partial charge in [0.1, 0.15) is 0 Å². The van der Waals surface area contributed by atoms with Crippen LogP contribution in [0.5, 0.6) is 0 Å². The van der Waals surface area contributed by atoms with E-state index in [-0.39, 0.29) is 0 Å². The van der Waals surface area contributed by atoms with Gasteiger partial charge in [-0.2, -0.15) is 0 Å². The highest BCUT2D eigenvalue weighted by molar-refractivity contribution is 5.23. The van der Waals surface area contributed by atoms with Crippen LogP contribution in [0.1, 0.15) is 20.3 Å². The second-order valence-electron chi connectivity index (χ2n) is 2.89. The zero-order valence-corrected chi connectivity index (χ0v) is 7.01. The van der Waals surface area contributed by atoms with Crippen molar-refractivity contribution in [3.05, 3.63) is 12.7 Å². The molecule has 2 unspecified atom stereocenters. The number of nitrogens with zero attached hydrogens (tertiary/aromatic N) is 1. The van der Waals surface area contributed by atoms with Gasteiger partial charge in [-0.1, -0.05) is 19.9 Å². The van der Waals surface area contributed by atoms with Gasteiger partial charge < -0.3 is 4.99 Å². The summed E-state index contributed by atoms with van der Waals surface area (Å²) in [4.78, 5) is 3.85. The lowest BCUT2D eigenvalue weighted by atomic mass is 9.93. The lowest BCUT2D eigenvalue weighted by Crippen LogP contribution is -2.09. The fourth-order valence-corrected chi connectivity index (χ4v) is 0.879. The molecule has 1 nitrogen and oxygen atoms in total. The minimum Gasteiger partial charge on any atom is -0.301 e. The molecule has 0 bridgehead atoms. The quantitative estimate of drug-likeness (QED) is 0.410. The van der Waals surface area contributed by atoms with Crippen molar-refractivity contribution in [3.63, 3.8) is 0 Å². The minimum atomic E-state index is 0.635. The topological polar surface area (TPSA) is 12.4 Å². The third-order valence-corrected chi connectivity index (χ3v) is 1.93. The van der Waals surface area contributed by atoms with E-state index in [1.807, 2.05) is 6.08 Å². The van der Waals surface area contributed by atoms with Gasteiger partial charge in [0.05, 0.1) is 0 Å². The molecule has 0 aromatic heterocycles. The maximum atomic E-state index is 3.85. The molecule has 2 atom stereocenters. The summed E-state index contributed by atoms with van der Waals surface area (Å²) in [5.41, 5.74) is 0. The summed E-state index contributed by atoms with van der Waals surface area (Å²) >= 11 is 0. The molecule has 0 heterocycles. The van der Waals surface area contributed by atoms with Gasteiger partial charge in [0, 0.05) is 6.54 Å². The first-order valence-corrected chi connectivity index (χ1v) is 3.75. The molecule has 1 heteroatoms. The van der Waals surface area contributed by atoms with E-state index in [2.05, 4.69) is 32.1 Å². The van der Waals surface area contributed by atoms with Crippen molar-refractivity contribution >= 4 is 6.72 Å². The first kappa shape index (κ1) is 9.41. The van der Waals surface area contributed by atoms with E-state index in [0.29, 0.717) is 11.8 Å². The molecule has 0 N–H and O–H groups in total. The van der Waals surface area contributed by atoms with Crippen LogP contribution in [0.25, 0.3) is 0 Å². The Bertz CT molecular complexity index is 93.3. The molecule has 0 amide bonds.